The van der Waals surface area contributed by atoms with E-state index in [2.05, 4.69) is 21.4 Å². The fraction of sp³-hybridized carbons (Fsp3) is 0.333. The summed E-state index contributed by atoms with van der Waals surface area (Å²) in [6.07, 6.45) is 5.81. The van der Waals surface area contributed by atoms with Crippen LogP contribution in [0.5, 0.6) is 0 Å². The average Bonchev–Trinajstić information content (AvgIpc) is 3.41. The summed E-state index contributed by atoms with van der Waals surface area (Å²) in [5.41, 5.74) is 1.80. The number of nitrogens with zero attached hydrogens (tertiary/aromatic N) is 3. The lowest BCUT2D eigenvalue weighted by atomic mass is 9.89. The Kier molecular flexibility index (Phi) is 7.07. The first-order chi connectivity index (χ1) is 16.5. The Balaban J connectivity index is 1.45. The number of nitriles is 1. The fourth-order valence-corrected chi connectivity index (χ4v) is 4.53. The summed E-state index contributed by atoms with van der Waals surface area (Å²) >= 11 is 0. The highest BCUT2D eigenvalue weighted by molar-refractivity contribution is 5.82. The molecule has 7 heteroatoms. The fourth-order valence-electron chi connectivity index (χ4n) is 4.53. The van der Waals surface area contributed by atoms with Gasteiger partial charge in [0.05, 0.1) is 29.5 Å². The molecule has 2 amide bonds. The molecule has 1 aromatic heterocycles. The molecule has 1 saturated heterocycles. The lowest BCUT2D eigenvalue weighted by Crippen LogP contribution is -2.52. The topological polar surface area (TPSA) is 102 Å². The molecule has 7 nitrogen and oxygen atoms in total. The van der Waals surface area contributed by atoms with E-state index < -0.39 is 5.54 Å². The van der Waals surface area contributed by atoms with Gasteiger partial charge in [-0.25, -0.2) is 4.98 Å². The summed E-state index contributed by atoms with van der Waals surface area (Å²) in [6.45, 7) is 3.04. The van der Waals surface area contributed by atoms with Gasteiger partial charge in [-0.05, 0) is 43.0 Å². The van der Waals surface area contributed by atoms with E-state index in [1.165, 1.54) is 0 Å². The number of hydrogen-bond acceptors (Lipinski definition) is 4. The third-order valence-corrected chi connectivity index (χ3v) is 6.40. The van der Waals surface area contributed by atoms with Crippen molar-refractivity contribution in [2.75, 3.05) is 13.1 Å². The van der Waals surface area contributed by atoms with Crippen LogP contribution < -0.4 is 5.32 Å². The maximum absolute atomic E-state index is 13.4. The zero-order chi connectivity index (χ0) is 24.0. The van der Waals surface area contributed by atoms with Crippen molar-refractivity contribution in [1.82, 2.24) is 20.2 Å². The first kappa shape index (κ1) is 23.2. The predicted octanol–water partition coefficient (Wildman–Crippen LogP) is 3.34. The molecule has 1 aliphatic heterocycles. The zero-order valence-electron chi connectivity index (χ0n) is 19.3. The van der Waals surface area contributed by atoms with Crippen molar-refractivity contribution >= 4 is 11.8 Å². The number of nitrogens with one attached hydrogen (secondary N) is 2. The molecule has 0 aliphatic carbocycles. The van der Waals surface area contributed by atoms with Crippen LogP contribution in [-0.2, 0) is 28.0 Å². The number of piperidine rings is 1. The van der Waals surface area contributed by atoms with Crippen LogP contribution in [0.1, 0.15) is 42.3 Å². The number of carbonyl (C=O) groups excluding carboxylic acids is 2. The molecule has 1 unspecified atom stereocenters. The number of hydrogen-bond donors (Lipinski definition) is 2. The first-order valence-electron chi connectivity index (χ1n) is 11.6. The van der Waals surface area contributed by atoms with Crippen LogP contribution >= 0.6 is 0 Å². The Morgan fingerprint density at radius 1 is 1.18 bits per heavy atom. The van der Waals surface area contributed by atoms with E-state index in [1.54, 1.807) is 24.5 Å². The molecule has 3 aromatic rings. The summed E-state index contributed by atoms with van der Waals surface area (Å²) in [5.74, 6) is 0.363. The second-order valence-electron chi connectivity index (χ2n) is 9.09. The van der Waals surface area contributed by atoms with Crippen LogP contribution in [-0.4, -0.2) is 39.8 Å². The van der Waals surface area contributed by atoms with Crippen molar-refractivity contribution in [1.29, 1.82) is 5.26 Å². The van der Waals surface area contributed by atoms with E-state index in [1.807, 2.05) is 54.3 Å². The molecule has 2 aromatic carbocycles. The summed E-state index contributed by atoms with van der Waals surface area (Å²) in [4.78, 5) is 35.6. The molecular weight excluding hydrogens is 426 g/mol. The SMILES string of the molecule is CC(Cc1ccc(C#N)cc1)(NC(=O)[C@H]1CCCN(C(=O)Cc2ccccc2)C1)c1ncc[nH]1. The van der Waals surface area contributed by atoms with Gasteiger partial charge in [-0.1, -0.05) is 42.5 Å². The minimum absolute atomic E-state index is 0.0510. The number of likely N-dealkylation sites (tertiary alicyclic amines) is 1. The molecule has 34 heavy (non-hydrogen) atoms. The Morgan fingerprint density at radius 2 is 1.94 bits per heavy atom. The summed E-state index contributed by atoms with van der Waals surface area (Å²) in [5, 5.41) is 12.3. The van der Waals surface area contributed by atoms with Gasteiger partial charge in [0, 0.05) is 31.9 Å². The van der Waals surface area contributed by atoms with Gasteiger partial charge >= 0.3 is 0 Å². The molecular formula is C27H29N5O2. The Morgan fingerprint density at radius 3 is 2.62 bits per heavy atom. The lowest BCUT2D eigenvalue weighted by molar-refractivity contribution is -0.135. The smallest absolute Gasteiger partial charge is 0.227 e. The zero-order valence-corrected chi connectivity index (χ0v) is 19.3. The Hall–Kier alpha value is -3.92. The first-order valence-corrected chi connectivity index (χ1v) is 11.6. The molecule has 2 atom stereocenters. The second-order valence-corrected chi connectivity index (χ2v) is 9.09. The number of aromatic nitrogens is 2. The maximum atomic E-state index is 13.4. The molecule has 0 saturated carbocycles. The summed E-state index contributed by atoms with van der Waals surface area (Å²) in [6, 6.07) is 19.2. The molecule has 0 spiro atoms. The van der Waals surface area contributed by atoms with Crippen LogP contribution in [0.25, 0.3) is 0 Å². The van der Waals surface area contributed by atoms with Gasteiger partial charge in [-0.15, -0.1) is 0 Å². The van der Waals surface area contributed by atoms with Gasteiger partial charge in [-0.3, -0.25) is 9.59 Å². The largest absolute Gasteiger partial charge is 0.347 e. The van der Waals surface area contributed by atoms with Gasteiger partial charge in [0.2, 0.25) is 11.8 Å². The summed E-state index contributed by atoms with van der Waals surface area (Å²) < 4.78 is 0. The van der Waals surface area contributed by atoms with E-state index in [0.29, 0.717) is 37.3 Å². The average molecular weight is 456 g/mol. The lowest BCUT2D eigenvalue weighted by Gasteiger charge is -2.35. The number of H-pyrrole nitrogens is 1. The van der Waals surface area contributed by atoms with Crippen molar-refractivity contribution in [3.8, 4) is 6.07 Å². The van der Waals surface area contributed by atoms with Crippen LogP contribution in [0.15, 0.2) is 67.0 Å². The van der Waals surface area contributed by atoms with Crippen molar-refractivity contribution in [2.45, 2.75) is 38.1 Å². The molecule has 0 bridgehead atoms. The molecule has 4 rings (SSSR count). The van der Waals surface area contributed by atoms with E-state index >= 15 is 0 Å². The van der Waals surface area contributed by atoms with Crippen molar-refractivity contribution in [3.05, 3.63) is 89.5 Å². The highest BCUT2D eigenvalue weighted by atomic mass is 16.2. The number of rotatable bonds is 7. The number of aromatic amines is 1. The highest BCUT2D eigenvalue weighted by Crippen LogP contribution is 2.26. The van der Waals surface area contributed by atoms with E-state index in [4.69, 9.17) is 5.26 Å². The second kappa shape index (κ2) is 10.3. The molecule has 2 heterocycles. The van der Waals surface area contributed by atoms with E-state index in [0.717, 1.165) is 24.0 Å². The van der Waals surface area contributed by atoms with Gasteiger partial charge in [0.25, 0.3) is 0 Å². The van der Waals surface area contributed by atoms with Gasteiger partial charge in [0.15, 0.2) is 0 Å². The molecule has 1 fully saturated rings. The van der Waals surface area contributed by atoms with Crippen LogP contribution in [0.2, 0.25) is 0 Å². The molecule has 174 valence electrons. The number of amides is 2. The monoisotopic (exact) mass is 455 g/mol. The predicted molar refractivity (Wildman–Crippen MR) is 128 cm³/mol. The molecule has 0 radical (unpaired) electrons. The van der Waals surface area contributed by atoms with Crippen molar-refractivity contribution < 1.29 is 9.59 Å². The minimum atomic E-state index is -0.759. The Labute approximate surface area is 199 Å². The van der Waals surface area contributed by atoms with Gasteiger partial charge in [-0.2, -0.15) is 5.26 Å². The highest BCUT2D eigenvalue weighted by Gasteiger charge is 2.36. The normalized spacial score (nSPS) is 17.4. The maximum Gasteiger partial charge on any atom is 0.227 e. The summed E-state index contributed by atoms with van der Waals surface area (Å²) in [7, 11) is 0. The van der Waals surface area contributed by atoms with Gasteiger partial charge in [0.1, 0.15) is 5.82 Å². The van der Waals surface area contributed by atoms with Crippen LogP contribution in [0.4, 0.5) is 0 Å². The molecule has 1 aliphatic rings. The van der Waals surface area contributed by atoms with E-state index in [9.17, 15) is 9.59 Å². The van der Waals surface area contributed by atoms with Crippen molar-refractivity contribution in [3.63, 3.8) is 0 Å². The van der Waals surface area contributed by atoms with Crippen LogP contribution in [0, 0.1) is 17.2 Å². The number of imidazole rings is 1. The van der Waals surface area contributed by atoms with Crippen molar-refractivity contribution in [2.24, 2.45) is 5.92 Å². The molecule has 2 N–H and O–H groups in total. The van der Waals surface area contributed by atoms with E-state index in [-0.39, 0.29) is 17.7 Å². The standard InChI is InChI=1S/C27H29N5O2/c1-27(26-29-13-14-30-26,17-21-9-11-22(18-28)12-10-21)31-25(34)23-8-5-15-32(19-23)24(33)16-20-6-3-2-4-7-20/h2-4,6-7,9-14,23H,5,8,15-17,19H2,1H3,(H,29,30)(H,31,34)/t23-,27?/m0/s1. The number of benzene rings is 2. The third kappa shape index (κ3) is 5.52. The minimum Gasteiger partial charge on any atom is -0.347 e. The quantitative estimate of drug-likeness (QED) is 0.570. The van der Waals surface area contributed by atoms with Gasteiger partial charge < -0.3 is 15.2 Å². The Bertz CT molecular complexity index is 1150. The number of carbonyl (C=O) groups is 2. The van der Waals surface area contributed by atoms with Crippen LogP contribution in [0.3, 0.4) is 0 Å². The third-order valence-electron chi connectivity index (χ3n) is 6.40.